The first-order valence-corrected chi connectivity index (χ1v) is 9.04. The summed E-state index contributed by atoms with van der Waals surface area (Å²) >= 11 is 7.45. The van der Waals surface area contributed by atoms with Crippen LogP contribution in [0.4, 0.5) is 16.8 Å². The molecule has 2 aromatic carbocycles. The van der Waals surface area contributed by atoms with E-state index in [2.05, 4.69) is 20.3 Å². The molecule has 134 valence electrons. The van der Waals surface area contributed by atoms with Gasteiger partial charge in [-0.3, -0.25) is 4.79 Å². The Morgan fingerprint density at radius 2 is 1.89 bits per heavy atom. The molecule has 0 unspecified atom stereocenters. The fourth-order valence-corrected chi connectivity index (χ4v) is 3.65. The van der Waals surface area contributed by atoms with E-state index in [1.807, 2.05) is 18.2 Å². The number of fused-ring (bicyclic) bond motifs is 1. The number of anilines is 3. The Balaban J connectivity index is 1.79. The molecule has 0 aliphatic rings. The second-order valence-electron chi connectivity index (χ2n) is 5.72. The van der Waals surface area contributed by atoms with E-state index in [1.54, 1.807) is 18.2 Å². The van der Waals surface area contributed by atoms with Gasteiger partial charge in [0.1, 0.15) is 0 Å². The number of rotatable bonds is 3. The van der Waals surface area contributed by atoms with Gasteiger partial charge in [-0.1, -0.05) is 35.1 Å². The highest BCUT2D eigenvalue weighted by Crippen LogP contribution is 2.35. The van der Waals surface area contributed by atoms with E-state index in [0.717, 1.165) is 21.3 Å². The molecule has 0 bridgehead atoms. The number of carbonyl (C=O) groups excluding carboxylic acids is 1. The van der Waals surface area contributed by atoms with Crippen molar-refractivity contribution in [1.82, 2.24) is 15.0 Å². The summed E-state index contributed by atoms with van der Waals surface area (Å²) in [5.41, 5.74) is 14.6. The summed E-state index contributed by atoms with van der Waals surface area (Å²) in [4.78, 5) is 24.9. The summed E-state index contributed by atoms with van der Waals surface area (Å²) in [5.74, 6) is -0.168. The molecule has 0 spiro atoms. The van der Waals surface area contributed by atoms with Crippen LogP contribution in [0.15, 0.2) is 48.8 Å². The third kappa shape index (κ3) is 3.53. The van der Waals surface area contributed by atoms with Gasteiger partial charge >= 0.3 is 0 Å². The van der Waals surface area contributed by atoms with E-state index in [9.17, 15) is 4.79 Å². The van der Waals surface area contributed by atoms with Crippen LogP contribution >= 0.6 is 22.9 Å². The van der Waals surface area contributed by atoms with Crippen LogP contribution in [0.1, 0.15) is 10.4 Å². The number of thiazole rings is 1. The first kappa shape index (κ1) is 17.2. The lowest BCUT2D eigenvalue weighted by atomic mass is 10.0. The lowest BCUT2D eigenvalue weighted by molar-refractivity contribution is 0.102. The van der Waals surface area contributed by atoms with Crippen molar-refractivity contribution in [3.63, 3.8) is 0 Å². The molecule has 0 aliphatic carbocycles. The van der Waals surface area contributed by atoms with Crippen LogP contribution in [-0.2, 0) is 0 Å². The highest BCUT2D eigenvalue weighted by molar-refractivity contribution is 7.22. The highest BCUT2D eigenvalue weighted by atomic mass is 35.5. The Morgan fingerprint density at radius 3 is 2.63 bits per heavy atom. The number of nitrogens with two attached hydrogens (primary N) is 2. The van der Waals surface area contributed by atoms with Crippen molar-refractivity contribution in [2.45, 2.75) is 0 Å². The van der Waals surface area contributed by atoms with Crippen molar-refractivity contribution < 1.29 is 4.79 Å². The van der Waals surface area contributed by atoms with E-state index in [4.69, 9.17) is 23.1 Å². The van der Waals surface area contributed by atoms with Crippen LogP contribution in [0, 0.1) is 0 Å². The molecule has 0 saturated carbocycles. The van der Waals surface area contributed by atoms with Gasteiger partial charge in [-0.2, -0.15) is 0 Å². The van der Waals surface area contributed by atoms with Crippen molar-refractivity contribution in [3.05, 3.63) is 59.4 Å². The number of carbonyl (C=O) groups is 1. The lowest BCUT2D eigenvalue weighted by Gasteiger charge is -2.09. The van der Waals surface area contributed by atoms with E-state index < -0.39 is 0 Å². The van der Waals surface area contributed by atoms with Gasteiger partial charge in [0.25, 0.3) is 5.91 Å². The number of benzene rings is 2. The van der Waals surface area contributed by atoms with Gasteiger partial charge in [0.05, 0.1) is 28.3 Å². The summed E-state index contributed by atoms with van der Waals surface area (Å²) in [6.45, 7) is 0. The number of amides is 1. The smallest absolute Gasteiger partial charge is 0.255 e. The number of halogens is 1. The van der Waals surface area contributed by atoms with Crippen LogP contribution in [0.3, 0.4) is 0 Å². The minimum absolute atomic E-state index is 0.137. The number of aromatic nitrogens is 3. The number of nitrogens with zero attached hydrogens (tertiary/aromatic N) is 3. The largest absolute Gasteiger partial charge is 0.375 e. The Bertz CT molecular complexity index is 1160. The maximum atomic E-state index is 12.7. The fourth-order valence-electron chi connectivity index (χ4n) is 2.66. The second-order valence-corrected chi connectivity index (χ2v) is 7.22. The van der Waals surface area contributed by atoms with Crippen molar-refractivity contribution in [2.24, 2.45) is 0 Å². The van der Waals surface area contributed by atoms with E-state index in [0.29, 0.717) is 21.4 Å². The molecular weight excluding hydrogens is 384 g/mol. The van der Waals surface area contributed by atoms with Crippen molar-refractivity contribution in [3.8, 4) is 11.1 Å². The second kappa shape index (κ2) is 6.82. The van der Waals surface area contributed by atoms with E-state index >= 15 is 0 Å². The summed E-state index contributed by atoms with van der Waals surface area (Å²) in [6.07, 6.45) is 2.89. The minimum atomic E-state index is -0.305. The summed E-state index contributed by atoms with van der Waals surface area (Å²) in [7, 11) is 0. The van der Waals surface area contributed by atoms with E-state index in [-0.39, 0.29) is 11.9 Å². The summed E-state index contributed by atoms with van der Waals surface area (Å²) in [5, 5.41) is 3.78. The normalized spacial score (nSPS) is 10.9. The molecule has 27 heavy (non-hydrogen) atoms. The standard InChI is InChI=1S/C18H13ClN6OS/c19-11-3-1-2-9(4-11)13-5-10(6-14-15(13)25-18(21)27-14)16(26)24-12-7-22-17(20)23-8-12/h1-8H,(H2,21,25)(H,24,26)(H2,20,22,23). The van der Waals surface area contributed by atoms with Gasteiger partial charge in [0.2, 0.25) is 5.95 Å². The minimum Gasteiger partial charge on any atom is -0.375 e. The van der Waals surface area contributed by atoms with Crippen molar-refractivity contribution in [2.75, 3.05) is 16.8 Å². The SMILES string of the molecule is Nc1ncc(NC(=O)c2cc(-c3cccc(Cl)c3)c3nc(N)sc3c2)cn1. The fraction of sp³-hybridized carbons (Fsp3) is 0. The molecule has 9 heteroatoms. The molecule has 2 heterocycles. The lowest BCUT2D eigenvalue weighted by Crippen LogP contribution is -2.12. The molecule has 0 atom stereocenters. The predicted molar refractivity (Wildman–Crippen MR) is 109 cm³/mol. The Hall–Kier alpha value is -3.23. The van der Waals surface area contributed by atoms with Gasteiger partial charge in [-0.25, -0.2) is 15.0 Å². The van der Waals surface area contributed by atoms with Gasteiger partial charge < -0.3 is 16.8 Å². The van der Waals surface area contributed by atoms with Crippen LogP contribution < -0.4 is 16.8 Å². The zero-order chi connectivity index (χ0) is 19.0. The van der Waals surface area contributed by atoms with Crippen LogP contribution in [0.2, 0.25) is 5.02 Å². The molecule has 4 aromatic rings. The average Bonchev–Trinajstić information content (AvgIpc) is 3.02. The number of nitrogens with one attached hydrogen (secondary N) is 1. The van der Waals surface area contributed by atoms with Gasteiger partial charge in [0, 0.05) is 16.1 Å². The topological polar surface area (TPSA) is 120 Å². The van der Waals surface area contributed by atoms with Gasteiger partial charge in [-0.05, 0) is 29.8 Å². The third-order valence-corrected chi connectivity index (χ3v) is 4.91. The molecule has 0 fully saturated rings. The zero-order valence-electron chi connectivity index (χ0n) is 13.8. The van der Waals surface area contributed by atoms with Crippen molar-refractivity contribution in [1.29, 1.82) is 0 Å². The number of hydrogen-bond donors (Lipinski definition) is 3. The Kier molecular flexibility index (Phi) is 4.35. The number of nitrogen functional groups attached to an aromatic ring is 2. The van der Waals surface area contributed by atoms with Crippen molar-refractivity contribution >= 4 is 55.8 Å². The van der Waals surface area contributed by atoms with Crippen LogP contribution in [-0.4, -0.2) is 20.9 Å². The Morgan fingerprint density at radius 1 is 1.11 bits per heavy atom. The van der Waals surface area contributed by atoms with Gasteiger partial charge in [-0.15, -0.1) is 0 Å². The van der Waals surface area contributed by atoms with Crippen LogP contribution in [0.25, 0.3) is 21.3 Å². The molecule has 7 nitrogen and oxygen atoms in total. The predicted octanol–water partition coefficient (Wildman–Crippen LogP) is 3.82. The first-order chi connectivity index (χ1) is 13.0. The quantitative estimate of drug-likeness (QED) is 0.484. The molecule has 4 rings (SSSR count). The molecule has 1 amide bonds. The number of hydrogen-bond acceptors (Lipinski definition) is 7. The van der Waals surface area contributed by atoms with E-state index in [1.165, 1.54) is 23.7 Å². The Labute approximate surface area is 163 Å². The maximum Gasteiger partial charge on any atom is 0.255 e. The molecule has 0 saturated heterocycles. The summed E-state index contributed by atoms with van der Waals surface area (Å²) in [6, 6.07) is 10.9. The molecule has 2 aromatic heterocycles. The van der Waals surface area contributed by atoms with Gasteiger partial charge in [0.15, 0.2) is 5.13 Å². The third-order valence-electron chi connectivity index (χ3n) is 3.84. The monoisotopic (exact) mass is 396 g/mol. The molecular formula is C18H13ClN6OS. The van der Waals surface area contributed by atoms with Crippen LogP contribution in [0.5, 0.6) is 0 Å². The molecule has 5 N–H and O–H groups in total. The zero-order valence-corrected chi connectivity index (χ0v) is 15.4. The average molecular weight is 397 g/mol. The molecule has 0 aliphatic heterocycles. The first-order valence-electron chi connectivity index (χ1n) is 7.84. The highest BCUT2D eigenvalue weighted by Gasteiger charge is 2.15. The maximum absolute atomic E-state index is 12.7. The molecule has 0 radical (unpaired) electrons. The summed E-state index contributed by atoms with van der Waals surface area (Å²) < 4.78 is 0.809.